The van der Waals surface area contributed by atoms with Gasteiger partial charge in [-0.25, -0.2) is 5.43 Å². The molecule has 4 rings (SSSR count). The van der Waals surface area contributed by atoms with E-state index in [4.69, 9.17) is 11.6 Å². The van der Waals surface area contributed by atoms with Gasteiger partial charge >= 0.3 is 0 Å². The zero-order valence-electron chi connectivity index (χ0n) is 19.2. The fraction of sp³-hybridized carbons (Fsp3) is 0.0714. The second-order valence-corrected chi connectivity index (χ2v) is 8.47. The summed E-state index contributed by atoms with van der Waals surface area (Å²) in [7, 11) is 0. The van der Waals surface area contributed by atoms with Crippen molar-refractivity contribution in [2.24, 2.45) is 5.10 Å². The highest BCUT2D eigenvalue weighted by Gasteiger charge is 2.27. The molecular weight excluding hydrogens is 476 g/mol. The minimum absolute atomic E-state index is 0.0172. The van der Waals surface area contributed by atoms with Crippen LogP contribution in [0, 0.1) is 18.3 Å². The number of aryl methyl sites for hydroxylation is 1. The van der Waals surface area contributed by atoms with Gasteiger partial charge in [0.25, 0.3) is 11.8 Å². The van der Waals surface area contributed by atoms with Crippen molar-refractivity contribution in [1.29, 1.82) is 5.26 Å². The Balaban J connectivity index is 1.70. The molecule has 7 nitrogen and oxygen atoms in total. The van der Waals surface area contributed by atoms with Crippen LogP contribution >= 0.6 is 11.6 Å². The van der Waals surface area contributed by atoms with E-state index in [1.54, 1.807) is 36.4 Å². The lowest BCUT2D eigenvalue weighted by Crippen LogP contribution is -2.32. The van der Waals surface area contributed by atoms with E-state index in [-0.39, 0.29) is 17.0 Å². The molecule has 178 valence electrons. The van der Waals surface area contributed by atoms with Gasteiger partial charge in [-0.05, 0) is 59.2 Å². The topological polar surface area (TPSA) is 115 Å². The fourth-order valence-corrected chi connectivity index (χ4v) is 3.97. The van der Waals surface area contributed by atoms with Gasteiger partial charge in [-0.2, -0.15) is 10.4 Å². The van der Waals surface area contributed by atoms with E-state index in [1.165, 1.54) is 12.1 Å². The number of phenols is 1. The number of rotatable bonds is 6. The minimum Gasteiger partial charge on any atom is -0.507 e. The number of hydrogen-bond acceptors (Lipinski definition) is 5. The van der Waals surface area contributed by atoms with Crippen LogP contribution in [0.3, 0.4) is 0 Å². The first-order valence-corrected chi connectivity index (χ1v) is 11.4. The van der Waals surface area contributed by atoms with Crippen LogP contribution in [0.4, 0.5) is 5.69 Å². The van der Waals surface area contributed by atoms with Gasteiger partial charge in [0.2, 0.25) is 0 Å². The monoisotopic (exact) mass is 496 g/mol. The van der Waals surface area contributed by atoms with Crippen molar-refractivity contribution in [2.45, 2.75) is 12.8 Å². The molecule has 0 heterocycles. The molecular formula is C28H21ClN4O3. The number of aromatic hydroxyl groups is 1. The van der Waals surface area contributed by atoms with E-state index in [2.05, 4.69) is 21.9 Å². The molecule has 3 N–H and O–H groups in total. The van der Waals surface area contributed by atoms with Crippen molar-refractivity contribution < 1.29 is 14.7 Å². The third-order valence-corrected chi connectivity index (χ3v) is 5.84. The summed E-state index contributed by atoms with van der Waals surface area (Å²) in [4.78, 5) is 26.2. The first kappa shape index (κ1) is 24.5. The molecule has 0 saturated carbocycles. The van der Waals surface area contributed by atoms with Crippen LogP contribution in [-0.2, 0) is 4.79 Å². The summed E-state index contributed by atoms with van der Waals surface area (Å²) in [6.45, 7) is 1.82. The van der Waals surface area contributed by atoms with E-state index in [9.17, 15) is 20.0 Å². The predicted octanol–water partition coefficient (Wildman–Crippen LogP) is 5.54. The number of nitrogens with zero attached hydrogens (tertiary/aromatic N) is 2. The van der Waals surface area contributed by atoms with Crippen LogP contribution < -0.4 is 10.7 Å². The van der Waals surface area contributed by atoms with Crippen molar-refractivity contribution in [3.05, 3.63) is 107 Å². The molecule has 0 aromatic heterocycles. The lowest BCUT2D eigenvalue weighted by Gasteiger charge is -2.16. The molecule has 0 radical (unpaired) electrons. The van der Waals surface area contributed by atoms with Gasteiger partial charge < -0.3 is 10.4 Å². The van der Waals surface area contributed by atoms with Crippen LogP contribution in [0.1, 0.15) is 27.4 Å². The minimum atomic E-state index is -1.07. The maximum Gasteiger partial charge on any atom is 0.275 e. The highest BCUT2D eigenvalue weighted by Crippen LogP contribution is 2.26. The lowest BCUT2D eigenvalue weighted by molar-refractivity contribution is -0.110. The molecule has 0 aliphatic carbocycles. The number of amides is 2. The Labute approximate surface area is 212 Å². The Kier molecular flexibility index (Phi) is 7.28. The second-order valence-electron chi connectivity index (χ2n) is 8.04. The normalized spacial score (nSPS) is 12.0. The standard InChI is InChI=1S/C28H21ClN4O3/c1-17-7-2-5-12-22(17)24(16-30)26(28(36)31-21-11-6-10-20(29)15-21)32-33-27(35)23-13-18-8-3-4-9-19(18)14-25(23)34/h2-15,24,34H,1H3,(H,31,36)(H,33,35). The van der Waals surface area contributed by atoms with E-state index in [1.807, 2.05) is 43.3 Å². The Morgan fingerprint density at radius 3 is 2.36 bits per heavy atom. The van der Waals surface area contributed by atoms with Crippen LogP contribution in [-0.4, -0.2) is 22.6 Å². The number of nitriles is 1. The number of nitrogens with one attached hydrogen (secondary N) is 2. The summed E-state index contributed by atoms with van der Waals surface area (Å²) in [5, 5.41) is 29.1. The third-order valence-electron chi connectivity index (χ3n) is 5.60. The number of hydrazone groups is 1. The molecule has 0 aliphatic heterocycles. The number of fused-ring (bicyclic) bond motifs is 1. The van der Waals surface area contributed by atoms with Gasteiger partial charge in [0.15, 0.2) is 0 Å². The number of anilines is 1. The number of carbonyl (C=O) groups excluding carboxylic acids is 2. The molecule has 1 atom stereocenters. The molecule has 2 amide bonds. The Hall–Kier alpha value is -4.67. The van der Waals surface area contributed by atoms with E-state index in [0.717, 1.165) is 16.3 Å². The average molecular weight is 497 g/mol. The van der Waals surface area contributed by atoms with Crippen LogP contribution in [0.5, 0.6) is 5.75 Å². The number of benzene rings is 4. The molecule has 0 spiro atoms. The maximum absolute atomic E-state index is 13.3. The SMILES string of the molecule is Cc1ccccc1C(C#N)C(=NNC(=O)c1cc2ccccc2cc1O)C(=O)Nc1cccc(Cl)c1. The van der Waals surface area contributed by atoms with Crippen LogP contribution in [0.2, 0.25) is 5.02 Å². The van der Waals surface area contributed by atoms with E-state index in [0.29, 0.717) is 16.3 Å². The quantitative estimate of drug-likeness (QED) is 0.240. The summed E-state index contributed by atoms with van der Waals surface area (Å²) >= 11 is 6.03. The van der Waals surface area contributed by atoms with Crippen molar-refractivity contribution in [3.8, 4) is 11.8 Å². The van der Waals surface area contributed by atoms with Crippen molar-refractivity contribution >= 4 is 45.6 Å². The van der Waals surface area contributed by atoms with E-state index < -0.39 is 17.7 Å². The molecule has 0 fully saturated rings. The first-order chi connectivity index (χ1) is 17.4. The largest absolute Gasteiger partial charge is 0.507 e. The number of hydrogen-bond donors (Lipinski definition) is 3. The van der Waals surface area contributed by atoms with Crippen LogP contribution in [0.25, 0.3) is 10.8 Å². The molecule has 0 aliphatic rings. The second kappa shape index (κ2) is 10.7. The fourth-order valence-electron chi connectivity index (χ4n) is 3.78. The molecule has 4 aromatic rings. The summed E-state index contributed by atoms with van der Waals surface area (Å²) in [6.07, 6.45) is 0. The molecule has 1 unspecified atom stereocenters. The van der Waals surface area contributed by atoms with Gasteiger partial charge in [-0.1, -0.05) is 66.2 Å². The first-order valence-electron chi connectivity index (χ1n) is 11.0. The van der Waals surface area contributed by atoms with E-state index >= 15 is 0 Å². The number of carbonyl (C=O) groups is 2. The maximum atomic E-state index is 13.3. The summed E-state index contributed by atoms with van der Waals surface area (Å²) in [6, 6.07) is 26.0. The summed E-state index contributed by atoms with van der Waals surface area (Å²) in [5.74, 6) is -2.72. The van der Waals surface area contributed by atoms with Crippen molar-refractivity contribution in [2.75, 3.05) is 5.32 Å². The lowest BCUT2D eigenvalue weighted by atomic mass is 9.91. The Bertz CT molecular complexity index is 1540. The molecule has 36 heavy (non-hydrogen) atoms. The summed E-state index contributed by atoms with van der Waals surface area (Å²) in [5.41, 5.74) is 3.86. The zero-order chi connectivity index (χ0) is 25.7. The Morgan fingerprint density at radius 1 is 0.972 bits per heavy atom. The van der Waals surface area contributed by atoms with Gasteiger partial charge in [0, 0.05) is 10.7 Å². The molecule has 8 heteroatoms. The predicted molar refractivity (Wildman–Crippen MR) is 140 cm³/mol. The number of phenolic OH excluding ortho intramolecular Hbond substituents is 1. The van der Waals surface area contributed by atoms with Crippen molar-refractivity contribution in [3.63, 3.8) is 0 Å². The van der Waals surface area contributed by atoms with Gasteiger partial charge in [-0.15, -0.1) is 0 Å². The summed E-state index contributed by atoms with van der Waals surface area (Å²) < 4.78 is 0. The van der Waals surface area contributed by atoms with Gasteiger partial charge in [0.1, 0.15) is 17.4 Å². The highest BCUT2D eigenvalue weighted by molar-refractivity contribution is 6.45. The average Bonchev–Trinajstić information content (AvgIpc) is 2.86. The Morgan fingerprint density at radius 2 is 1.67 bits per heavy atom. The van der Waals surface area contributed by atoms with Crippen LogP contribution in [0.15, 0.2) is 90.0 Å². The third kappa shape index (κ3) is 5.35. The highest BCUT2D eigenvalue weighted by atomic mass is 35.5. The molecule has 4 aromatic carbocycles. The smallest absolute Gasteiger partial charge is 0.275 e. The number of halogens is 1. The molecule has 0 bridgehead atoms. The molecule has 0 saturated heterocycles. The van der Waals surface area contributed by atoms with Gasteiger partial charge in [0.05, 0.1) is 11.6 Å². The van der Waals surface area contributed by atoms with Crippen molar-refractivity contribution in [1.82, 2.24) is 5.43 Å². The van der Waals surface area contributed by atoms with Gasteiger partial charge in [-0.3, -0.25) is 9.59 Å². The zero-order valence-corrected chi connectivity index (χ0v) is 20.0.